The van der Waals surface area contributed by atoms with Crippen LogP contribution in [0.25, 0.3) is 0 Å². The highest BCUT2D eigenvalue weighted by Gasteiger charge is 2.41. The Hall–Kier alpha value is -3.97. The maximum absolute atomic E-state index is 13.4. The Kier molecular flexibility index (Phi) is 6.33. The van der Waals surface area contributed by atoms with Crippen LogP contribution in [0.1, 0.15) is 23.1 Å². The minimum absolute atomic E-state index is 0.0437. The molecule has 5 rings (SSSR count). The minimum atomic E-state index is -0.651. The molecular formula is C28H29N5O2. The summed E-state index contributed by atoms with van der Waals surface area (Å²) in [6.45, 7) is 5.82. The van der Waals surface area contributed by atoms with Gasteiger partial charge in [0.2, 0.25) is 11.9 Å². The Labute approximate surface area is 205 Å². The van der Waals surface area contributed by atoms with Crippen LogP contribution in [-0.2, 0) is 16.1 Å². The number of carbonyl (C=O) groups is 2. The SMILES string of the molecule is Cc1ccc(NC(=O)C2CC(=O)N=C3N(c4cccc(C)c4)CN(Cc4ccccc4)CN32)cc1. The number of anilines is 2. The van der Waals surface area contributed by atoms with Gasteiger partial charge >= 0.3 is 0 Å². The number of aliphatic imine (C=N–C) groups is 1. The average Bonchev–Trinajstić information content (AvgIpc) is 2.85. The number of amides is 2. The lowest BCUT2D eigenvalue weighted by atomic mass is 10.1. The smallest absolute Gasteiger partial charge is 0.251 e. The van der Waals surface area contributed by atoms with E-state index >= 15 is 0 Å². The van der Waals surface area contributed by atoms with Crippen LogP contribution in [0.4, 0.5) is 11.4 Å². The van der Waals surface area contributed by atoms with E-state index in [2.05, 4.69) is 33.4 Å². The zero-order valence-electron chi connectivity index (χ0n) is 20.0. The van der Waals surface area contributed by atoms with Crippen molar-refractivity contribution in [3.05, 3.63) is 95.6 Å². The largest absolute Gasteiger partial charge is 0.324 e. The lowest BCUT2D eigenvalue weighted by molar-refractivity contribution is -0.127. The summed E-state index contributed by atoms with van der Waals surface area (Å²) in [6.07, 6.45) is 0.0437. The lowest BCUT2D eigenvalue weighted by Crippen LogP contribution is -2.65. The number of nitrogens with zero attached hydrogens (tertiary/aromatic N) is 4. The molecule has 1 fully saturated rings. The lowest BCUT2D eigenvalue weighted by Gasteiger charge is -2.48. The van der Waals surface area contributed by atoms with Crippen molar-refractivity contribution >= 4 is 29.1 Å². The highest BCUT2D eigenvalue weighted by molar-refractivity contribution is 6.10. The van der Waals surface area contributed by atoms with Gasteiger partial charge in [0.25, 0.3) is 5.91 Å². The molecule has 1 saturated heterocycles. The van der Waals surface area contributed by atoms with Gasteiger partial charge in [-0.2, -0.15) is 4.99 Å². The number of hydrogen-bond donors (Lipinski definition) is 1. The Morgan fingerprint density at radius 1 is 0.943 bits per heavy atom. The zero-order chi connectivity index (χ0) is 24.4. The van der Waals surface area contributed by atoms with Gasteiger partial charge in [0.05, 0.1) is 19.8 Å². The molecule has 178 valence electrons. The number of aryl methyl sites for hydroxylation is 2. The predicted molar refractivity (Wildman–Crippen MR) is 138 cm³/mol. The highest BCUT2D eigenvalue weighted by Crippen LogP contribution is 2.28. The molecule has 2 amide bonds. The normalized spacial score (nSPS) is 18.2. The summed E-state index contributed by atoms with van der Waals surface area (Å²) in [7, 11) is 0. The molecule has 0 bridgehead atoms. The van der Waals surface area contributed by atoms with Gasteiger partial charge in [-0.3, -0.25) is 19.4 Å². The molecule has 2 aliphatic heterocycles. The van der Waals surface area contributed by atoms with E-state index in [-0.39, 0.29) is 18.2 Å². The molecule has 2 heterocycles. The van der Waals surface area contributed by atoms with Crippen molar-refractivity contribution in [1.82, 2.24) is 9.80 Å². The van der Waals surface area contributed by atoms with Crippen molar-refractivity contribution in [2.45, 2.75) is 32.9 Å². The van der Waals surface area contributed by atoms with Gasteiger partial charge in [0, 0.05) is 17.9 Å². The molecular weight excluding hydrogens is 438 g/mol. The van der Waals surface area contributed by atoms with Crippen molar-refractivity contribution in [3.63, 3.8) is 0 Å². The summed E-state index contributed by atoms with van der Waals surface area (Å²) in [5.41, 5.74) is 5.08. The maximum Gasteiger partial charge on any atom is 0.251 e. The van der Waals surface area contributed by atoms with E-state index < -0.39 is 6.04 Å². The van der Waals surface area contributed by atoms with Gasteiger partial charge in [-0.15, -0.1) is 0 Å². The Bertz CT molecular complexity index is 1260. The second kappa shape index (κ2) is 9.72. The summed E-state index contributed by atoms with van der Waals surface area (Å²) >= 11 is 0. The van der Waals surface area contributed by atoms with Crippen molar-refractivity contribution < 1.29 is 9.59 Å². The van der Waals surface area contributed by atoms with E-state index in [9.17, 15) is 9.59 Å². The standard InChI is InChI=1S/C28H29N5O2/c1-20-11-13-23(14-12-20)29-27(35)25-16-26(34)30-28-32(24-10-6-7-21(2)15-24)18-31(19-33(25)28)17-22-8-4-3-5-9-22/h3-15,25H,16-19H2,1-2H3,(H,29,35). The van der Waals surface area contributed by atoms with E-state index in [1.165, 1.54) is 5.56 Å². The zero-order valence-corrected chi connectivity index (χ0v) is 20.0. The fourth-order valence-electron chi connectivity index (χ4n) is 4.57. The first-order valence-corrected chi connectivity index (χ1v) is 11.8. The van der Waals surface area contributed by atoms with Crippen LogP contribution in [-0.4, -0.2) is 47.0 Å². The molecule has 1 atom stereocenters. The van der Waals surface area contributed by atoms with Crippen LogP contribution in [0.2, 0.25) is 0 Å². The number of guanidine groups is 1. The molecule has 7 nitrogen and oxygen atoms in total. The van der Waals surface area contributed by atoms with Crippen molar-refractivity contribution in [1.29, 1.82) is 0 Å². The number of rotatable bonds is 5. The van der Waals surface area contributed by atoms with Gasteiger partial charge in [0.1, 0.15) is 6.04 Å². The van der Waals surface area contributed by atoms with Crippen LogP contribution in [0, 0.1) is 13.8 Å². The van der Waals surface area contributed by atoms with E-state index in [0.717, 1.165) is 16.8 Å². The first kappa shape index (κ1) is 22.8. The van der Waals surface area contributed by atoms with Crippen LogP contribution >= 0.6 is 0 Å². The van der Waals surface area contributed by atoms with Gasteiger partial charge in [-0.1, -0.05) is 60.2 Å². The van der Waals surface area contributed by atoms with Crippen molar-refractivity contribution in [3.8, 4) is 0 Å². The Morgan fingerprint density at radius 2 is 1.71 bits per heavy atom. The topological polar surface area (TPSA) is 68.2 Å². The van der Waals surface area contributed by atoms with Crippen LogP contribution in [0.15, 0.2) is 83.9 Å². The summed E-state index contributed by atoms with van der Waals surface area (Å²) in [5.74, 6) is 0.0371. The molecule has 0 saturated carbocycles. The van der Waals surface area contributed by atoms with Crippen LogP contribution in [0.3, 0.4) is 0 Å². The summed E-state index contributed by atoms with van der Waals surface area (Å²) in [5, 5.41) is 3.00. The number of benzene rings is 3. The van der Waals surface area contributed by atoms with Gasteiger partial charge in [-0.25, -0.2) is 0 Å². The van der Waals surface area contributed by atoms with Crippen LogP contribution < -0.4 is 10.2 Å². The molecule has 1 N–H and O–H groups in total. The van der Waals surface area contributed by atoms with Gasteiger partial charge < -0.3 is 10.2 Å². The van der Waals surface area contributed by atoms with Crippen molar-refractivity contribution in [2.75, 3.05) is 23.6 Å². The molecule has 0 radical (unpaired) electrons. The molecule has 3 aromatic rings. The Balaban J connectivity index is 1.47. The second-order valence-electron chi connectivity index (χ2n) is 9.21. The van der Waals surface area contributed by atoms with Gasteiger partial charge in [-0.05, 0) is 49.2 Å². The van der Waals surface area contributed by atoms with E-state index in [1.54, 1.807) is 0 Å². The van der Waals surface area contributed by atoms with Crippen LogP contribution in [0.5, 0.6) is 0 Å². The predicted octanol–water partition coefficient (Wildman–Crippen LogP) is 4.14. The van der Waals surface area contributed by atoms with E-state index in [4.69, 9.17) is 0 Å². The molecule has 7 heteroatoms. The summed E-state index contributed by atoms with van der Waals surface area (Å²) in [6, 6.07) is 25.4. The maximum atomic E-state index is 13.4. The first-order valence-electron chi connectivity index (χ1n) is 11.8. The third kappa shape index (κ3) is 5.10. The third-order valence-electron chi connectivity index (χ3n) is 6.35. The number of hydrogen-bond acceptors (Lipinski definition) is 5. The molecule has 3 aromatic carbocycles. The molecule has 35 heavy (non-hydrogen) atoms. The number of fused-ring (bicyclic) bond motifs is 1. The quantitative estimate of drug-likeness (QED) is 0.611. The fraction of sp³-hybridized carbons (Fsp3) is 0.250. The Morgan fingerprint density at radius 3 is 2.46 bits per heavy atom. The highest BCUT2D eigenvalue weighted by atomic mass is 16.2. The number of carbonyl (C=O) groups excluding carboxylic acids is 2. The van der Waals surface area contributed by atoms with E-state index in [1.807, 2.05) is 84.3 Å². The average molecular weight is 468 g/mol. The van der Waals surface area contributed by atoms with Gasteiger partial charge in [0.15, 0.2) is 0 Å². The molecule has 0 spiro atoms. The molecule has 0 aliphatic carbocycles. The summed E-state index contributed by atoms with van der Waals surface area (Å²) < 4.78 is 0. The molecule has 1 unspecified atom stereocenters. The van der Waals surface area contributed by atoms with Crippen molar-refractivity contribution in [2.24, 2.45) is 4.99 Å². The third-order valence-corrected chi connectivity index (χ3v) is 6.35. The minimum Gasteiger partial charge on any atom is -0.324 e. The number of nitrogens with one attached hydrogen (secondary N) is 1. The molecule has 0 aromatic heterocycles. The first-order chi connectivity index (χ1) is 17.0. The summed E-state index contributed by atoms with van der Waals surface area (Å²) in [4.78, 5) is 36.8. The second-order valence-corrected chi connectivity index (χ2v) is 9.21. The fourth-order valence-corrected chi connectivity index (χ4v) is 4.57. The molecule has 2 aliphatic rings. The van der Waals surface area contributed by atoms with E-state index in [0.29, 0.717) is 31.5 Å². The monoisotopic (exact) mass is 467 g/mol.